The molecule has 0 aliphatic rings. The molecule has 1 aromatic rings. The van der Waals surface area contributed by atoms with Gasteiger partial charge < -0.3 is 9.83 Å². The summed E-state index contributed by atoms with van der Waals surface area (Å²) in [6.45, 7) is 4.81. The van der Waals surface area contributed by atoms with Crippen molar-refractivity contribution < 1.29 is 4.43 Å². The fourth-order valence-electron chi connectivity index (χ4n) is 0.652. The molecule has 0 spiro atoms. The second kappa shape index (κ2) is 8.45. The van der Waals surface area contributed by atoms with Crippen LogP contribution in [0.1, 0.15) is 12.5 Å². The topological polar surface area (TPSA) is 35.2 Å². The Morgan fingerprint density at radius 3 is 2.08 bits per heavy atom. The van der Waals surface area contributed by atoms with E-state index in [-0.39, 0.29) is 0 Å². The van der Waals surface area contributed by atoms with Crippen LogP contribution in [-0.4, -0.2) is 16.5 Å². The standard InChI is InChI=1S/C7H8.C2H9NOSi/c1-7-5-3-2-4-6-7;1-2-4-5-3/h2-6H,1H3;2-3,5H2,1H3. The smallest absolute Gasteiger partial charge is 0.233 e. The van der Waals surface area contributed by atoms with Crippen molar-refractivity contribution in [3.8, 4) is 0 Å². The molecular weight excluding hydrogens is 166 g/mol. The van der Waals surface area contributed by atoms with E-state index < -0.39 is 9.92 Å². The van der Waals surface area contributed by atoms with Gasteiger partial charge in [-0.1, -0.05) is 35.9 Å². The van der Waals surface area contributed by atoms with Crippen LogP contribution in [-0.2, 0) is 4.43 Å². The van der Waals surface area contributed by atoms with E-state index >= 15 is 0 Å². The van der Waals surface area contributed by atoms with Gasteiger partial charge >= 0.3 is 0 Å². The van der Waals surface area contributed by atoms with Crippen molar-refractivity contribution in [3.63, 3.8) is 0 Å². The summed E-state index contributed by atoms with van der Waals surface area (Å²) < 4.78 is 4.75. The molecule has 68 valence electrons. The molecule has 0 bridgehead atoms. The molecule has 0 aromatic heterocycles. The average molecular weight is 183 g/mol. The molecule has 0 aliphatic heterocycles. The third kappa shape index (κ3) is 7.46. The van der Waals surface area contributed by atoms with Gasteiger partial charge in [-0.3, -0.25) is 0 Å². The quantitative estimate of drug-likeness (QED) is 0.694. The Kier molecular flexibility index (Phi) is 8.00. The van der Waals surface area contributed by atoms with Crippen LogP contribution in [0, 0.1) is 6.92 Å². The maximum atomic E-state index is 5.06. The van der Waals surface area contributed by atoms with Gasteiger partial charge in [-0.2, -0.15) is 0 Å². The molecule has 2 N–H and O–H groups in total. The normalized spacial score (nSPS) is 9.58. The molecule has 2 nitrogen and oxygen atoms in total. The molecule has 3 heteroatoms. The van der Waals surface area contributed by atoms with E-state index in [1.807, 2.05) is 25.1 Å². The molecule has 1 rings (SSSR count). The number of benzene rings is 1. The van der Waals surface area contributed by atoms with Gasteiger partial charge in [0.05, 0.1) is 0 Å². The van der Waals surface area contributed by atoms with Crippen LogP contribution in [0.3, 0.4) is 0 Å². The summed E-state index contributed by atoms with van der Waals surface area (Å²) in [4.78, 5) is 0. The van der Waals surface area contributed by atoms with E-state index in [1.165, 1.54) is 5.56 Å². The first-order valence-electron chi connectivity index (χ1n) is 4.10. The minimum absolute atomic E-state index is 0.586. The summed E-state index contributed by atoms with van der Waals surface area (Å²) in [5, 5.41) is 5.06. The molecule has 0 radical (unpaired) electrons. The Bertz CT molecular complexity index is 177. The zero-order chi connectivity index (χ0) is 9.23. The third-order valence-electron chi connectivity index (χ3n) is 1.26. The summed E-state index contributed by atoms with van der Waals surface area (Å²) in [5.74, 6) is 0. The number of hydrogen-bond donors (Lipinski definition) is 1. The summed E-state index contributed by atoms with van der Waals surface area (Å²) >= 11 is 0. The van der Waals surface area contributed by atoms with Crippen molar-refractivity contribution in [3.05, 3.63) is 35.9 Å². The molecule has 0 amide bonds. The van der Waals surface area contributed by atoms with E-state index in [4.69, 9.17) is 9.83 Å². The van der Waals surface area contributed by atoms with Crippen LogP contribution in [0.15, 0.2) is 30.3 Å². The predicted molar refractivity (Wildman–Crippen MR) is 55.5 cm³/mol. The van der Waals surface area contributed by atoms with Crippen LogP contribution in [0.25, 0.3) is 0 Å². The van der Waals surface area contributed by atoms with Gasteiger partial charge in [0.15, 0.2) is 0 Å². The van der Waals surface area contributed by atoms with Crippen molar-refractivity contribution in [2.45, 2.75) is 13.8 Å². The highest BCUT2D eigenvalue weighted by atomic mass is 28.2. The SMILES string of the molecule is CCO[SiH2]N.Cc1ccccc1. The van der Waals surface area contributed by atoms with Gasteiger partial charge in [-0.15, -0.1) is 0 Å². The first-order valence-corrected chi connectivity index (χ1v) is 5.50. The largest absolute Gasteiger partial charge is 0.409 e. The Morgan fingerprint density at radius 2 is 1.92 bits per heavy atom. The summed E-state index contributed by atoms with van der Waals surface area (Å²) in [6, 6.07) is 10.3. The van der Waals surface area contributed by atoms with Gasteiger partial charge in [-0.05, 0) is 13.8 Å². The minimum atomic E-state index is -0.586. The molecule has 12 heavy (non-hydrogen) atoms. The third-order valence-corrected chi connectivity index (χ3v) is 1.91. The fraction of sp³-hybridized carbons (Fsp3) is 0.333. The average Bonchev–Trinajstić information content (AvgIpc) is 2.08. The molecule has 0 heterocycles. The van der Waals surface area contributed by atoms with Gasteiger partial charge in [0, 0.05) is 6.61 Å². The van der Waals surface area contributed by atoms with Gasteiger partial charge in [0.25, 0.3) is 0 Å². The Balaban J connectivity index is 0.000000217. The van der Waals surface area contributed by atoms with E-state index in [9.17, 15) is 0 Å². The highest BCUT2D eigenvalue weighted by molar-refractivity contribution is 6.21. The molecule has 0 saturated carbocycles. The molecule has 0 atom stereocenters. The van der Waals surface area contributed by atoms with Crippen LogP contribution in [0.5, 0.6) is 0 Å². The van der Waals surface area contributed by atoms with Crippen LogP contribution in [0.2, 0.25) is 0 Å². The lowest BCUT2D eigenvalue weighted by atomic mass is 10.2. The van der Waals surface area contributed by atoms with E-state index in [0.29, 0.717) is 0 Å². The molecule has 0 saturated heterocycles. The van der Waals surface area contributed by atoms with Crippen LogP contribution < -0.4 is 5.40 Å². The lowest BCUT2D eigenvalue weighted by molar-refractivity contribution is 0.361. The van der Waals surface area contributed by atoms with Gasteiger partial charge in [0.2, 0.25) is 9.92 Å². The minimum Gasteiger partial charge on any atom is -0.409 e. The van der Waals surface area contributed by atoms with Gasteiger partial charge in [0.1, 0.15) is 0 Å². The number of hydrogen-bond acceptors (Lipinski definition) is 2. The van der Waals surface area contributed by atoms with E-state index in [0.717, 1.165) is 6.61 Å². The maximum Gasteiger partial charge on any atom is 0.233 e. The monoisotopic (exact) mass is 183 g/mol. The second-order valence-electron chi connectivity index (χ2n) is 2.31. The summed E-state index contributed by atoms with van der Waals surface area (Å²) in [6.07, 6.45) is 0. The molecule has 0 aliphatic carbocycles. The van der Waals surface area contributed by atoms with Crippen molar-refractivity contribution in [1.82, 2.24) is 0 Å². The van der Waals surface area contributed by atoms with Crippen molar-refractivity contribution >= 4 is 9.92 Å². The van der Waals surface area contributed by atoms with Crippen molar-refractivity contribution in [2.24, 2.45) is 5.40 Å². The summed E-state index contributed by atoms with van der Waals surface area (Å²) in [7, 11) is -0.586. The fourth-order valence-corrected chi connectivity index (χ4v) is 0.888. The van der Waals surface area contributed by atoms with Crippen LogP contribution in [0.4, 0.5) is 0 Å². The lowest BCUT2D eigenvalue weighted by Gasteiger charge is -1.86. The first kappa shape index (κ1) is 11.4. The van der Waals surface area contributed by atoms with E-state index in [1.54, 1.807) is 0 Å². The number of rotatable bonds is 2. The van der Waals surface area contributed by atoms with Crippen molar-refractivity contribution in [2.75, 3.05) is 6.61 Å². The maximum absolute atomic E-state index is 5.06. The lowest BCUT2D eigenvalue weighted by Crippen LogP contribution is -2.08. The molecule has 0 fully saturated rings. The highest BCUT2D eigenvalue weighted by Gasteiger charge is 1.72. The first-order chi connectivity index (χ1) is 5.81. The number of nitrogens with two attached hydrogens (primary N) is 1. The summed E-state index contributed by atoms with van der Waals surface area (Å²) in [5.41, 5.74) is 1.32. The Morgan fingerprint density at radius 1 is 1.33 bits per heavy atom. The Hall–Kier alpha value is -0.643. The molecule has 1 aromatic carbocycles. The van der Waals surface area contributed by atoms with Crippen molar-refractivity contribution in [1.29, 1.82) is 0 Å². The Labute approximate surface area is 76.8 Å². The van der Waals surface area contributed by atoms with E-state index in [2.05, 4.69) is 19.1 Å². The van der Waals surface area contributed by atoms with Gasteiger partial charge in [-0.25, -0.2) is 0 Å². The second-order valence-corrected chi connectivity index (χ2v) is 3.06. The molecular formula is C9H17NOSi. The zero-order valence-corrected chi connectivity index (χ0v) is 9.20. The number of aryl methyl sites for hydroxylation is 1. The predicted octanol–water partition coefficient (Wildman–Crippen LogP) is 0.975. The zero-order valence-electron chi connectivity index (χ0n) is 7.79. The molecule has 0 unspecified atom stereocenters. The highest BCUT2D eigenvalue weighted by Crippen LogP contribution is 1.92. The van der Waals surface area contributed by atoms with Crippen LogP contribution >= 0.6 is 0 Å².